The molecule has 0 radical (unpaired) electrons. The predicted molar refractivity (Wildman–Crippen MR) is 105 cm³/mol. The molecule has 4 rings (SSSR count). The van der Waals surface area contributed by atoms with Crippen LogP contribution in [0.4, 0.5) is 0 Å². The molecule has 136 valence electrons. The molecule has 0 bridgehead atoms. The molecule has 26 heavy (non-hydrogen) atoms. The lowest BCUT2D eigenvalue weighted by molar-refractivity contribution is 0.506. The van der Waals surface area contributed by atoms with Gasteiger partial charge in [0.15, 0.2) is 0 Å². The second-order valence-corrected chi connectivity index (χ2v) is 8.98. The number of aromatic amines is 1. The van der Waals surface area contributed by atoms with Crippen LogP contribution < -0.4 is 4.72 Å². The lowest BCUT2D eigenvalue weighted by Crippen LogP contribution is -2.38. The van der Waals surface area contributed by atoms with Crippen molar-refractivity contribution < 1.29 is 8.42 Å². The summed E-state index contributed by atoms with van der Waals surface area (Å²) in [4.78, 5) is 3.76. The zero-order chi connectivity index (χ0) is 18.3. The molecule has 2 aromatic carbocycles. The molecular formula is C20H21ClN2O2S. The van der Waals surface area contributed by atoms with Gasteiger partial charge in [0.05, 0.1) is 4.90 Å². The van der Waals surface area contributed by atoms with E-state index in [1.165, 1.54) is 11.3 Å². The fraction of sp³-hybridized carbons (Fsp3) is 0.300. The fourth-order valence-corrected chi connectivity index (χ4v) is 5.12. The molecule has 1 heterocycles. The van der Waals surface area contributed by atoms with E-state index in [4.69, 9.17) is 11.6 Å². The summed E-state index contributed by atoms with van der Waals surface area (Å²) < 4.78 is 28.3. The summed E-state index contributed by atoms with van der Waals surface area (Å²) in [7, 11) is -3.52. The van der Waals surface area contributed by atoms with Crippen molar-refractivity contribution in [3.8, 4) is 0 Å². The Balaban J connectivity index is 1.58. The van der Waals surface area contributed by atoms with Gasteiger partial charge in [0, 0.05) is 27.7 Å². The summed E-state index contributed by atoms with van der Waals surface area (Å²) in [5, 5.41) is 1.78. The summed E-state index contributed by atoms with van der Waals surface area (Å²) in [5.74, 6) is 0. The van der Waals surface area contributed by atoms with Crippen molar-refractivity contribution in [2.45, 2.75) is 43.5 Å². The molecular weight excluding hydrogens is 368 g/mol. The quantitative estimate of drug-likeness (QED) is 0.702. The molecule has 0 spiro atoms. The zero-order valence-corrected chi connectivity index (χ0v) is 16.1. The third-order valence-electron chi connectivity index (χ3n) is 5.11. The van der Waals surface area contributed by atoms with E-state index in [-0.39, 0.29) is 6.04 Å². The maximum absolute atomic E-state index is 12.7. The molecule has 6 heteroatoms. The van der Waals surface area contributed by atoms with Crippen LogP contribution in [0.5, 0.6) is 0 Å². The first-order valence-corrected chi connectivity index (χ1v) is 10.7. The van der Waals surface area contributed by atoms with E-state index >= 15 is 0 Å². The third kappa shape index (κ3) is 3.27. The van der Waals surface area contributed by atoms with E-state index in [9.17, 15) is 8.42 Å². The number of rotatable bonds is 4. The highest BCUT2D eigenvalue weighted by Crippen LogP contribution is 2.31. The number of halogens is 1. The zero-order valence-electron chi connectivity index (χ0n) is 14.5. The van der Waals surface area contributed by atoms with E-state index in [1.54, 1.807) is 12.1 Å². The minimum absolute atomic E-state index is 0.115. The topological polar surface area (TPSA) is 62.0 Å². The van der Waals surface area contributed by atoms with Gasteiger partial charge in [-0.05, 0) is 67.1 Å². The Morgan fingerprint density at radius 1 is 1.19 bits per heavy atom. The van der Waals surface area contributed by atoms with Crippen LogP contribution in [0.25, 0.3) is 10.9 Å². The highest BCUT2D eigenvalue weighted by atomic mass is 35.5. The van der Waals surface area contributed by atoms with Gasteiger partial charge in [-0.2, -0.15) is 0 Å². The first-order valence-electron chi connectivity index (χ1n) is 8.86. The van der Waals surface area contributed by atoms with Crippen LogP contribution >= 0.6 is 11.6 Å². The lowest BCUT2D eigenvalue weighted by atomic mass is 9.92. The van der Waals surface area contributed by atoms with E-state index < -0.39 is 10.0 Å². The molecule has 0 amide bonds. The van der Waals surface area contributed by atoms with Crippen LogP contribution in [0, 0.1) is 0 Å². The Hall–Kier alpha value is -1.82. The van der Waals surface area contributed by atoms with Crippen molar-refractivity contribution in [1.82, 2.24) is 9.71 Å². The number of sulfonamides is 1. The van der Waals surface area contributed by atoms with E-state index in [0.717, 1.165) is 35.7 Å². The van der Waals surface area contributed by atoms with Gasteiger partial charge in [0.1, 0.15) is 0 Å². The average molecular weight is 389 g/mol. The maximum Gasteiger partial charge on any atom is 0.240 e. The second-order valence-electron chi connectivity index (χ2n) is 6.83. The van der Waals surface area contributed by atoms with Crippen LogP contribution in [0.15, 0.2) is 47.4 Å². The number of hydrogen-bond donors (Lipinski definition) is 2. The Labute approximate surface area is 158 Å². The molecule has 0 saturated heterocycles. The SMILES string of the molecule is CCc1ccc(S(=O)(=O)NC2CCc3[nH]c4ccc(Cl)cc4c3C2)cc1. The number of hydrogen-bond acceptors (Lipinski definition) is 2. The Morgan fingerprint density at radius 3 is 2.69 bits per heavy atom. The summed E-state index contributed by atoms with van der Waals surface area (Å²) in [6, 6.07) is 12.8. The molecule has 0 fully saturated rings. The molecule has 0 aliphatic heterocycles. The van der Waals surface area contributed by atoms with Crippen molar-refractivity contribution in [2.24, 2.45) is 0 Å². The van der Waals surface area contributed by atoms with E-state index in [2.05, 4.69) is 16.6 Å². The average Bonchev–Trinajstić information content (AvgIpc) is 2.99. The summed E-state index contributed by atoms with van der Waals surface area (Å²) in [6.45, 7) is 2.05. The molecule has 1 aliphatic rings. The van der Waals surface area contributed by atoms with Crippen LogP contribution in [0.1, 0.15) is 30.2 Å². The minimum atomic E-state index is -3.52. The van der Waals surface area contributed by atoms with Crippen molar-refractivity contribution in [1.29, 1.82) is 0 Å². The van der Waals surface area contributed by atoms with Gasteiger partial charge in [-0.3, -0.25) is 0 Å². The van der Waals surface area contributed by atoms with Crippen LogP contribution in [-0.2, 0) is 29.3 Å². The van der Waals surface area contributed by atoms with Gasteiger partial charge in [0.2, 0.25) is 10.0 Å². The molecule has 1 aliphatic carbocycles. The summed E-state index contributed by atoms with van der Waals surface area (Å²) in [6.07, 6.45) is 3.16. The standard InChI is InChI=1S/C20H21ClN2O2S/c1-2-13-3-7-16(8-4-13)26(24,25)23-15-6-10-20-18(12-15)17-11-14(21)5-9-19(17)22-20/h3-5,7-9,11,15,22-23H,2,6,10,12H2,1H3. The van der Waals surface area contributed by atoms with Gasteiger partial charge in [-0.25, -0.2) is 13.1 Å². The Morgan fingerprint density at radius 2 is 1.96 bits per heavy atom. The van der Waals surface area contributed by atoms with Crippen molar-refractivity contribution in [2.75, 3.05) is 0 Å². The summed E-state index contributed by atoms with van der Waals surface area (Å²) >= 11 is 6.14. The first-order chi connectivity index (χ1) is 12.5. The number of benzene rings is 2. The van der Waals surface area contributed by atoms with Gasteiger partial charge >= 0.3 is 0 Å². The second kappa shape index (κ2) is 6.72. The van der Waals surface area contributed by atoms with E-state index in [1.807, 2.05) is 30.3 Å². The van der Waals surface area contributed by atoms with Crippen molar-refractivity contribution in [3.63, 3.8) is 0 Å². The number of nitrogens with one attached hydrogen (secondary N) is 2. The molecule has 3 aromatic rings. The molecule has 4 nitrogen and oxygen atoms in total. The largest absolute Gasteiger partial charge is 0.358 e. The smallest absolute Gasteiger partial charge is 0.240 e. The summed E-state index contributed by atoms with van der Waals surface area (Å²) in [5.41, 5.74) is 4.53. The van der Waals surface area contributed by atoms with Crippen LogP contribution in [0.2, 0.25) is 5.02 Å². The molecule has 1 aromatic heterocycles. The van der Waals surface area contributed by atoms with Gasteiger partial charge in [-0.15, -0.1) is 0 Å². The Kier molecular flexibility index (Phi) is 4.55. The molecule has 1 unspecified atom stereocenters. The highest BCUT2D eigenvalue weighted by Gasteiger charge is 2.26. The van der Waals surface area contributed by atoms with E-state index in [0.29, 0.717) is 16.3 Å². The first kappa shape index (κ1) is 17.6. The van der Waals surface area contributed by atoms with Gasteiger partial charge in [-0.1, -0.05) is 30.7 Å². The third-order valence-corrected chi connectivity index (χ3v) is 6.89. The number of aryl methyl sites for hydroxylation is 2. The number of fused-ring (bicyclic) bond motifs is 3. The highest BCUT2D eigenvalue weighted by molar-refractivity contribution is 7.89. The predicted octanol–water partition coefficient (Wildman–Crippen LogP) is 4.22. The Bertz CT molecular complexity index is 1060. The monoisotopic (exact) mass is 388 g/mol. The number of H-pyrrole nitrogens is 1. The molecule has 1 atom stereocenters. The van der Waals surface area contributed by atoms with Crippen molar-refractivity contribution in [3.05, 3.63) is 64.3 Å². The fourth-order valence-electron chi connectivity index (χ4n) is 3.68. The molecule has 2 N–H and O–H groups in total. The lowest BCUT2D eigenvalue weighted by Gasteiger charge is -2.23. The number of aromatic nitrogens is 1. The van der Waals surface area contributed by atoms with Crippen LogP contribution in [-0.4, -0.2) is 19.4 Å². The van der Waals surface area contributed by atoms with Crippen LogP contribution in [0.3, 0.4) is 0 Å². The minimum Gasteiger partial charge on any atom is -0.358 e. The van der Waals surface area contributed by atoms with Crippen molar-refractivity contribution >= 4 is 32.5 Å². The maximum atomic E-state index is 12.7. The van der Waals surface area contributed by atoms with Gasteiger partial charge in [0.25, 0.3) is 0 Å². The normalized spacial score (nSPS) is 17.4. The van der Waals surface area contributed by atoms with Gasteiger partial charge < -0.3 is 4.98 Å². The molecule has 0 saturated carbocycles.